The monoisotopic (exact) mass is 410 g/mol. The van der Waals surface area contributed by atoms with E-state index in [-0.39, 0.29) is 11.7 Å². The normalized spacial score (nSPS) is 10.9. The van der Waals surface area contributed by atoms with E-state index in [1.54, 1.807) is 4.68 Å². The van der Waals surface area contributed by atoms with Crippen LogP contribution in [0.25, 0.3) is 17.1 Å². The molecule has 0 atom stereocenters. The summed E-state index contributed by atoms with van der Waals surface area (Å²) in [6.07, 6.45) is 0. The smallest absolute Gasteiger partial charge is 0.295 e. The predicted molar refractivity (Wildman–Crippen MR) is 125 cm³/mol. The Morgan fingerprint density at radius 3 is 2.26 bits per heavy atom. The van der Waals surface area contributed by atoms with Crippen LogP contribution in [0.4, 0.5) is 5.69 Å². The van der Waals surface area contributed by atoms with Crippen LogP contribution in [-0.2, 0) is 0 Å². The van der Waals surface area contributed by atoms with Gasteiger partial charge in [0.25, 0.3) is 5.91 Å². The van der Waals surface area contributed by atoms with Crippen molar-refractivity contribution in [1.29, 1.82) is 0 Å². The SMILES string of the molecule is Cc1ccc(-c2nc(C(=O)Nc3ccc(C)cc3C)nn2-c2cccc(C)c2C)cc1. The van der Waals surface area contributed by atoms with Crippen LogP contribution in [0.15, 0.2) is 60.7 Å². The van der Waals surface area contributed by atoms with E-state index in [2.05, 4.69) is 35.3 Å². The molecule has 3 aromatic carbocycles. The lowest BCUT2D eigenvalue weighted by Gasteiger charge is -2.11. The molecule has 31 heavy (non-hydrogen) atoms. The molecule has 1 aromatic heterocycles. The van der Waals surface area contributed by atoms with Crippen molar-refractivity contribution >= 4 is 11.6 Å². The maximum absolute atomic E-state index is 13.0. The third-order valence-electron chi connectivity index (χ3n) is 5.55. The first-order valence-electron chi connectivity index (χ1n) is 10.3. The molecule has 0 spiro atoms. The molecule has 0 saturated heterocycles. The number of amides is 1. The van der Waals surface area contributed by atoms with E-state index in [4.69, 9.17) is 0 Å². The summed E-state index contributed by atoms with van der Waals surface area (Å²) < 4.78 is 1.77. The second kappa shape index (κ2) is 8.19. The van der Waals surface area contributed by atoms with Crippen molar-refractivity contribution in [2.45, 2.75) is 34.6 Å². The van der Waals surface area contributed by atoms with Gasteiger partial charge in [-0.15, -0.1) is 5.10 Å². The number of nitrogens with zero attached hydrogens (tertiary/aromatic N) is 3. The van der Waals surface area contributed by atoms with Gasteiger partial charge in [-0.25, -0.2) is 9.67 Å². The molecule has 1 N–H and O–H groups in total. The molecule has 0 unspecified atom stereocenters. The molecule has 0 aliphatic rings. The topological polar surface area (TPSA) is 59.8 Å². The first-order chi connectivity index (χ1) is 14.8. The second-order valence-electron chi connectivity index (χ2n) is 8.03. The van der Waals surface area contributed by atoms with Crippen molar-refractivity contribution in [3.63, 3.8) is 0 Å². The number of aryl methyl sites for hydroxylation is 4. The molecule has 0 fully saturated rings. The number of nitrogens with one attached hydrogen (secondary N) is 1. The third kappa shape index (κ3) is 4.12. The summed E-state index contributed by atoms with van der Waals surface area (Å²) >= 11 is 0. The largest absolute Gasteiger partial charge is 0.319 e. The van der Waals surface area contributed by atoms with Gasteiger partial charge in [-0.05, 0) is 63.4 Å². The number of rotatable bonds is 4. The van der Waals surface area contributed by atoms with Crippen LogP contribution in [-0.4, -0.2) is 20.7 Å². The van der Waals surface area contributed by atoms with Crippen molar-refractivity contribution in [2.24, 2.45) is 0 Å². The number of carbonyl (C=O) groups excluding carboxylic acids is 1. The molecule has 1 amide bonds. The van der Waals surface area contributed by atoms with Gasteiger partial charge in [0.05, 0.1) is 5.69 Å². The minimum Gasteiger partial charge on any atom is -0.319 e. The Bertz CT molecular complexity index is 1270. The predicted octanol–water partition coefficient (Wildman–Crippen LogP) is 5.73. The fraction of sp³-hybridized carbons (Fsp3) is 0.192. The van der Waals surface area contributed by atoms with Gasteiger partial charge in [-0.3, -0.25) is 4.79 Å². The molecule has 0 aliphatic carbocycles. The van der Waals surface area contributed by atoms with E-state index in [9.17, 15) is 4.79 Å². The van der Waals surface area contributed by atoms with E-state index >= 15 is 0 Å². The van der Waals surface area contributed by atoms with Gasteiger partial charge in [0, 0.05) is 11.3 Å². The third-order valence-corrected chi connectivity index (χ3v) is 5.55. The van der Waals surface area contributed by atoms with E-state index in [1.807, 2.05) is 75.4 Å². The summed E-state index contributed by atoms with van der Waals surface area (Å²) in [6, 6.07) is 20.1. The van der Waals surface area contributed by atoms with Crippen molar-refractivity contribution < 1.29 is 4.79 Å². The van der Waals surface area contributed by atoms with Crippen LogP contribution in [0.5, 0.6) is 0 Å². The summed E-state index contributed by atoms with van der Waals surface area (Å²) in [5, 5.41) is 7.57. The zero-order valence-electron chi connectivity index (χ0n) is 18.5. The molecule has 0 aliphatic heterocycles. The van der Waals surface area contributed by atoms with Gasteiger partial charge in [0.2, 0.25) is 5.82 Å². The zero-order chi connectivity index (χ0) is 22.1. The molecule has 0 bridgehead atoms. The fourth-order valence-corrected chi connectivity index (χ4v) is 3.56. The van der Waals surface area contributed by atoms with Crippen molar-refractivity contribution in [1.82, 2.24) is 14.8 Å². The number of aromatic nitrogens is 3. The van der Waals surface area contributed by atoms with Crippen LogP contribution in [0.3, 0.4) is 0 Å². The highest BCUT2D eigenvalue weighted by Gasteiger charge is 2.20. The second-order valence-corrected chi connectivity index (χ2v) is 8.03. The van der Waals surface area contributed by atoms with Crippen LogP contribution < -0.4 is 5.32 Å². The molecule has 0 radical (unpaired) electrons. The Kier molecular flexibility index (Phi) is 5.42. The van der Waals surface area contributed by atoms with E-state index < -0.39 is 0 Å². The number of carbonyl (C=O) groups is 1. The molecule has 1 heterocycles. The lowest BCUT2D eigenvalue weighted by Crippen LogP contribution is -2.15. The number of hydrogen-bond donors (Lipinski definition) is 1. The summed E-state index contributed by atoms with van der Waals surface area (Å²) in [5.41, 5.74) is 8.14. The Hall–Kier alpha value is -3.73. The van der Waals surface area contributed by atoms with E-state index in [0.29, 0.717) is 5.82 Å². The Balaban J connectivity index is 1.80. The van der Waals surface area contributed by atoms with Crippen LogP contribution >= 0.6 is 0 Å². The quantitative estimate of drug-likeness (QED) is 0.467. The molecule has 4 rings (SSSR count). The van der Waals surface area contributed by atoms with Gasteiger partial charge in [0.15, 0.2) is 5.82 Å². The van der Waals surface area contributed by atoms with Crippen molar-refractivity contribution in [3.05, 3.63) is 94.3 Å². The number of anilines is 1. The lowest BCUT2D eigenvalue weighted by molar-refractivity contribution is 0.101. The Morgan fingerprint density at radius 1 is 0.839 bits per heavy atom. The van der Waals surface area contributed by atoms with Crippen molar-refractivity contribution in [2.75, 3.05) is 5.32 Å². The number of benzene rings is 3. The highest BCUT2D eigenvalue weighted by atomic mass is 16.2. The highest BCUT2D eigenvalue weighted by molar-refractivity contribution is 6.02. The minimum absolute atomic E-state index is 0.136. The maximum Gasteiger partial charge on any atom is 0.295 e. The average Bonchev–Trinajstić information content (AvgIpc) is 3.18. The first kappa shape index (κ1) is 20.5. The Labute approximate surface area is 182 Å². The molecular formula is C26H26N4O. The zero-order valence-corrected chi connectivity index (χ0v) is 18.5. The van der Waals surface area contributed by atoms with E-state index in [1.165, 1.54) is 0 Å². The summed E-state index contributed by atoms with van der Waals surface area (Å²) in [4.78, 5) is 17.7. The highest BCUT2D eigenvalue weighted by Crippen LogP contribution is 2.25. The van der Waals surface area contributed by atoms with Gasteiger partial charge in [-0.1, -0.05) is 59.7 Å². The lowest BCUT2D eigenvalue weighted by atomic mass is 10.1. The van der Waals surface area contributed by atoms with Crippen molar-refractivity contribution in [3.8, 4) is 17.1 Å². The summed E-state index contributed by atoms with van der Waals surface area (Å²) in [6.45, 7) is 10.2. The van der Waals surface area contributed by atoms with Crippen LogP contribution in [0.2, 0.25) is 0 Å². The van der Waals surface area contributed by atoms with Gasteiger partial charge < -0.3 is 5.32 Å². The van der Waals surface area contributed by atoms with Gasteiger partial charge >= 0.3 is 0 Å². The summed E-state index contributed by atoms with van der Waals surface area (Å²) in [5.74, 6) is 0.445. The molecule has 156 valence electrons. The van der Waals surface area contributed by atoms with E-state index in [0.717, 1.165) is 44.8 Å². The molecule has 5 heteroatoms. The standard InChI is InChI=1S/C26H26N4O/c1-16-9-12-21(13-10-16)25-28-24(26(31)27-22-14-11-17(2)15-19(22)4)29-30(25)23-8-6-7-18(3)20(23)5/h6-15H,1-5H3,(H,27,31). The van der Waals surface area contributed by atoms with Crippen LogP contribution in [0, 0.1) is 34.6 Å². The van der Waals surface area contributed by atoms with Gasteiger partial charge in [-0.2, -0.15) is 0 Å². The molecular weight excluding hydrogens is 384 g/mol. The first-order valence-corrected chi connectivity index (χ1v) is 10.3. The average molecular weight is 411 g/mol. The maximum atomic E-state index is 13.0. The number of hydrogen-bond acceptors (Lipinski definition) is 3. The van der Waals surface area contributed by atoms with Crippen LogP contribution in [0.1, 0.15) is 38.4 Å². The fourth-order valence-electron chi connectivity index (χ4n) is 3.56. The summed E-state index contributed by atoms with van der Waals surface area (Å²) in [7, 11) is 0. The Morgan fingerprint density at radius 2 is 1.55 bits per heavy atom. The van der Waals surface area contributed by atoms with Gasteiger partial charge in [0.1, 0.15) is 0 Å². The minimum atomic E-state index is -0.329. The molecule has 4 aromatic rings. The molecule has 0 saturated carbocycles. The molecule has 5 nitrogen and oxygen atoms in total.